The summed E-state index contributed by atoms with van der Waals surface area (Å²) in [5.74, 6) is -1.64. The molecule has 2 fully saturated rings. The van der Waals surface area contributed by atoms with E-state index in [2.05, 4.69) is 31.1 Å². The van der Waals surface area contributed by atoms with E-state index in [-0.39, 0.29) is 37.9 Å². The van der Waals surface area contributed by atoms with Crippen LogP contribution in [0.5, 0.6) is 0 Å². The Hall–Kier alpha value is -4.28. The smallest absolute Gasteiger partial charge is 0.407 e. The van der Waals surface area contributed by atoms with Crippen LogP contribution in [0, 0.1) is 11.8 Å². The molecule has 4 rings (SSSR count). The molecule has 0 saturated carbocycles. The Morgan fingerprint density at radius 2 is 0.964 bits per heavy atom. The highest BCUT2D eigenvalue weighted by atomic mass is 16.6. The van der Waals surface area contributed by atoms with Gasteiger partial charge in [-0.1, -0.05) is 88.4 Å². The largest absolute Gasteiger partial charge is 0.448 e. The standard InChI is InChI=1S/C41H62N6O9/c1-29(2)35(44-40(51)55-25-19-46-15-21-53-22-16-46)38(49)42-33(27-31-11-7-5-8-12-31)37(48)34(28-32-13-9-6-10-14-32)43-39(50)36(30(3)4)45-41(52)56-26-20-47-17-23-54-24-18-47/h5-14,29-30,33-37,48H,15-28H2,1-4H3,(H,42,49)(H,43,50)(H,44,51)(H,45,52)/t33?,34?,35-,36-,37?/m0/s1. The molecule has 15 heteroatoms. The SMILES string of the molecule is CC(C)[C@H](NC(=O)OCCN1CCOCC1)C(=O)NC(Cc1ccccc1)C(O)C(Cc1ccccc1)NC(=O)[C@@H](NC(=O)OCCN1CCOCC1)C(C)C. The summed E-state index contributed by atoms with van der Waals surface area (Å²) < 4.78 is 21.6. The van der Waals surface area contributed by atoms with E-state index < -0.39 is 54.3 Å². The molecular formula is C41H62N6O9. The third-order valence-corrected chi connectivity index (χ3v) is 10.0. The summed E-state index contributed by atoms with van der Waals surface area (Å²) in [6.45, 7) is 14.2. The first-order valence-electron chi connectivity index (χ1n) is 19.8. The zero-order chi connectivity index (χ0) is 40.3. The van der Waals surface area contributed by atoms with E-state index in [1.807, 2.05) is 88.4 Å². The average molecular weight is 783 g/mol. The summed E-state index contributed by atoms with van der Waals surface area (Å²) in [7, 11) is 0. The van der Waals surface area contributed by atoms with Crippen LogP contribution in [0.2, 0.25) is 0 Å². The topological polar surface area (TPSA) is 180 Å². The second kappa shape index (κ2) is 23.7. The molecule has 2 aliphatic heterocycles. The van der Waals surface area contributed by atoms with Gasteiger partial charge < -0.3 is 45.3 Å². The van der Waals surface area contributed by atoms with E-state index in [1.165, 1.54) is 0 Å². The van der Waals surface area contributed by atoms with E-state index in [9.17, 15) is 24.3 Å². The number of morpholine rings is 2. The van der Waals surface area contributed by atoms with Gasteiger partial charge in [0, 0.05) is 39.3 Å². The van der Waals surface area contributed by atoms with Gasteiger partial charge in [0.05, 0.1) is 44.6 Å². The van der Waals surface area contributed by atoms with Crippen LogP contribution in [-0.2, 0) is 41.4 Å². The Labute approximate surface area is 331 Å². The zero-order valence-electron chi connectivity index (χ0n) is 33.3. The first-order valence-corrected chi connectivity index (χ1v) is 19.8. The van der Waals surface area contributed by atoms with Gasteiger partial charge in [0.2, 0.25) is 11.8 Å². The minimum Gasteiger partial charge on any atom is -0.448 e. The summed E-state index contributed by atoms with van der Waals surface area (Å²) in [4.78, 5) is 58.0. The van der Waals surface area contributed by atoms with Crippen molar-refractivity contribution in [3.05, 3.63) is 71.8 Å². The number of aliphatic hydroxyl groups is 1. The fourth-order valence-electron chi connectivity index (χ4n) is 6.67. The number of hydrogen-bond donors (Lipinski definition) is 5. The number of benzene rings is 2. The fraction of sp³-hybridized carbons (Fsp3) is 0.610. The third-order valence-electron chi connectivity index (χ3n) is 10.0. The zero-order valence-corrected chi connectivity index (χ0v) is 33.3. The molecule has 4 amide bonds. The Morgan fingerprint density at radius 1 is 0.607 bits per heavy atom. The van der Waals surface area contributed by atoms with E-state index in [0.717, 1.165) is 37.3 Å². The summed E-state index contributed by atoms with van der Waals surface area (Å²) in [6.07, 6.45) is -2.28. The number of aliphatic hydroxyl groups excluding tert-OH is 1. The van der Waals surface area contributed by atoms with Crippen molar-refractivity contribution in [3.8, 4) is 0 Å². The maximum Gasteiger partial charge on any atom is 0.407 e. The molecule has 2 heterocycles. The molecule has 2 aromatic carbocycles. The average Bonchev–Trinajstić information content (AvgIpc) is 3.19. The summed E-state index contributed by atoms with van der Waals surface area (Å²) in [6, 6.07) is 15.1. The third kappa shape index (κ3) is 15.3. The van der Waals surface area contributed by atoms with Gasteiger partial charge in [0.25, 0.3) is 0 Å². The molecule has 2 aliphatic rings. The van der Waals surface area contributed by atoms with Crippen LogP contribution in [0.3, 0.4) is 0 Å². The molecule has 0 aliphatic carbocycles. The molecule has 310 valence electrons. The lowest BCUT2D eigenvalue weighted by atomic mass is 9.91. The molecule has 0 aromatic heterocycles. The minimum atomic E-state index is -1.30. The maximum atomic E-state index is 14.0. The van der Waals surface area contributed by atoms with E-state index in [4.69, 9.17) is 18.9 Å². The van der Waals surface area contributed by atoms with Gasteiger partial charge in [-0.3, -0.25) is 19.4 Å². The van der Waals surface area contributed by atoms with Crippen LogP contribution in [0.1, 0.15) is 38.8 Å². The van der Waals surface area contributed by atoms with Gasteiger partial charge >= 0.3 is 12.2 Å². The first-order chi connectivity index (χ1) is 27.0. The van der Waals surface area contributed by atoms with E-state index >= 15 is 0 Å². The normalized spacial score (nSPS) is 17.9. The molecule has 15 nitrogen and oxygen atoms in total. The van der Waals surface area contributed by atoms with Gasteiger partial charge in [0.15, 0.2) is 0 Å². The summed E-state index contributed by atoms with van der Waals surface area (Å²) in [5.41, 5.74) is 1.69. The van der Waals surface area contributed by atoms with Crippen molar-refractivity contribution in [2.45, 2.75) is 70.8 Å². The van der Waals surface area contributed by atoms with Gasteiger partial charge in [-0.15, -0.1) is 0 Å². The Balaban J connectivity index is 1.47. The molecule has 0 bridgehead atoms. The Kier molecular flexibility index (Phi) is 18.8. The molecule has 2 saturated heterocycles. The second-order valence-corrected chi connectivity index (χ2v) is 15.0. The van der Waals surface area contributed by atoms with Crippen molar-refractivity contribution in [2.24, 2.45) is 11.8 Å². The lowest BCUT2D eigenvalue weighted by Crippen LogP contribution is -2.61. The summed E-state index contributed by atoms with van der Waals surface area (Å²) in [5, 5.41) is 23.6. The molecule has 4 atom stereocenters. The van der Waals surface area contributed by atoms with Crippen molar-refractivity contribution < 1.29 is 43.2 Å². The number of ether oxygens (including phenoxy) is 4. The summed E-state index contributed by atoms with van der Waals surface area (Å²) >= 11 is 0. The molecule has 0 radical (unpaired) electrons. The highest BCUT2D eigenvalue weighted by molar-refractivity contribution is 5.87. The van der Waals surface area contributed by atoms with Crippen LogP contribution >= 0.6 is 0 Å². The number of rotatable bonds is 20. The quantitative estimate of drug-likeness (QED) is 0.133. The van der Waals surface area contributed by atoms with E-state index in [0.29, 0.717) is 39.5 Å². The predicted molar refractivity (Wildman–Crippen MR) is 211 cm³/mol. The van der Waals surface area contributed by atoms with Crippen molar-refractivity contribution in [1.29, 1.82) is 0 Å². The van der Waals surface area contributed by atoms with Gasteiger partial charge in [0.1, 0.15) is 25.3 Å². The van der Waals surface area contributed by atoms with Gasteiger partial charge in [-0.25, -0.2) is 9.59 Å². The van der Waals surface area contributed by atoms with Crippen molar-refractivity contribution in [2.75, 3.05) is 78.9 Å². The maximum absolute atomic E-state index is 14.0. The van der Waals surface area contributed by atoms with E-state index in [1.54, 1.807) is 0 Å². The van der Waals surface area contributed by atoms with Crippen molar-refractivity contribution in [3.63, 3.8) is 0 Å². The Morgan fingerprint density at radius 3 is 1.30 bits per heavy atom. The second-order valence-electron chi connectivity index (χ2n) is 15.0. The van der Waals surface area contributed by atoms with Crippen LogP contribution < -0.4 is 21.3 Å². The van der Waals surface area contributed by atoms with Crippen LogP contribution in [0.4, 0.5) is 9.59 Å². The number of hydrogen-bond acceptors (Lipinski definition) is 11. The molecule has 5 N–H and O–H groups in total. The molecule has 56 heavy (non-hydrogen) atoms. The first kappa shape index (κ1) is 44.4. The highest BCUT2D eigenvalue weighted by Gasteiger charge is 2.36. The van der Waals surface area contributed by atoms with Crippen molar-refractivity contribution >= 4 is 24.0 Å². The molecular weight excluding hydrogens is 720 g/mol. The minimum absolute atomic E-state index is 0.160. The monoisotopic (exact) mass is 782 g/mol. The number of carbonyl (C=O) groups excluding carboxylic acids is 4. The predicted octanol–water partition coefficient (Wildman–Crippen LogP) is 1.97. The lowest BCUT2D eigenvalue weighted by molar-refractivity contribution is -0.126. The number of alkyl carbamates (subject to hydrolysis) is 2. The number of carbonyl (C=O) groups is 4. The van der Waals surface area contributed by atoms with Crippen LogP contribution in [-0.4, -0.2) is 148 Å². The van der Waals surface area contributed by atoms with Crippen LogP contribution in [0.15, 0.2) is 60.7 Å². The van der Waals surface area contributed by atoms with Gasteiger partial charge in [-0.05, 0) is 35.8 Å². The highest BCUT2D eigenvalue weighted by Crippen LogP contribution is 2.16. The van der Waals surface area contributed by atoms with Crippen LogP contribution in [0.25, 0.3) is 0 Å². The lowest BCUT2D eigenvalue weighted by Gasteiger charge is -2.34. The number of nitrogens with one attached hydrogen (secondary N) is 4. The Bertz CT molecular complexity index is 1360. The fourth-order valence-corrected chi connectivity index (χ4v) is 6.67. The number of amides is 4. The molecule has 2 aromatic rings. The van der Waals surface area contributed by atoms with Gasteiger partial charge in [-0.2, -0.15) is 0 Å². The number of nitrogens with zero attached hydrogens (tertiary/aromatic N) is 2. The molecule has 2 unspecified atom stereocenters. The van der Waals surface area contributed by atoms with Crippen molar-refractivity contribution in [1.82, 2.24) is 31.1 Å². The molecule has 0 spiro atoms.